The summed E-state index contributed by atoms with van der Waals surface area (Å²) in [5.74, 6) is 1.47. The summed E-state index contributed by atoms with van der Waals surface area (Å²) in [4.78, 5) is 13.9. The van der Waals surface area contributed by atoms with Crippen molar-refractivity contribution in [1.29, 1.82) is 0 Å². The molecular formula is C17H32N2O2. The number of carbonyl (C=O) groups is 1. The highest BCUT2D eigenvalue weighted by atomic mass is 16.6. The highest BCUT2D eigenvalue weighted by Crippen LogP contribution is 2.26. The van der Waals surface area contributed by atoms with Crippen LogP contribution in [0.5, 0.6) is 0 Å². The zero-order valence-electron chi connectivity index (χ0n) is 13.8. The topological polar surface area (TPSA) is 41.6 Å². The molecule has 1 saturated carbocycles. The molecule has 2 unspecified atom stereocenters. The summed E-state index contributed by atoms with van der Waals surface area (Å²) >= 11 is 0. The monoisotopic (exact) mass is 296 g/mol. The molecule has 4 nitrogen and oxygen atoms in total. The minimum Gasteiger partial charge on any atom is -0.450 e. The number of piperidine rings is 1. The van der Waals surface area contributed by atoms with E-state index in [0.717, 1.165) is 25.6 Å². The Hall–Kier alpha value is -0.770. The van der Waals surface area contributed by atoms with Crippen LogP contribution in [0.3, 0.4) is 0 Å². The van der Waals surface area contributed by atoms with Crippen LogP contribution in [-0.4, -0.2) is 43.3 Å². The van der Waals surface area contributed by atoms with Crippen molar-refractivity contribution in [3.8, 4) is 0 Å². The Morgan fingerprint density at radius 1 is 1.19 bits per heavy atom. The first kappa shape index (κ1) is 16.6. The highest BCUT2D eigenvalue weighted by molar-refractivity contribution is 5.67. The van der Waals surface area contributed by atoms with Crippen LogP contribution in [0.2, 0.25) is 0 Å². The SMILES string of the molecule is CCCC1CC(NCC2CCCC2)CN(C(=O)OCC)C1. The van der Waals surface area contributed by atoms with Gasteiger partial charge in [-0.2, -0.15) is 0 Å². The number of nitrogens with one attached hydrogen (secondary N) is 1. The largest absolute Gasteiger partial charge is 0.450 e. The summed E-state index contributed by atoms with van der Waals surface area (Å²) in [6.45, 7) is 7.37. The van der Waals surface area contributed by atoms with Crippen LogP contribution in [0.15, 0.2) is 0 Å². The lowest BCUT2D eigenvalue weighted by atomic mass is 9.90. The molecule has 1 saturated heterocycles. The minimum atomic E-state index is -0.133. The third-order valence-electron chi connectivity index (χ3n) is 4.93. The Balaban J connectivity index is 1.84. The third kappa shape index (κ3) is 5.17. The van der Waals surface area contributed by atoms with Crippen molar-refractivity contribution < 1.29 is 9.53 Å². The molecule has 1 heterocycles. The fourth-order valence-corrected chi connectivity index (χ4v) is 3.88. The highest BCUT2D eigenvalue weighted by Gasteiger charge is 2.30. The van der Waals surface area contributed by atoms with E-state index in [9.17, 15) is 4.79 Å². The summed E-state index contributed by atoms with van der Waals surface area (Å²) in [7, 11) is 0. The molecule has 1 aliphatic carbocycles. The van der Waals surface area contributed by atoms with Crippen molar-refractivity contribution in [1.82, 2.24) is 10.2 Å². The minimum absolute atomic E-state index is 0.133. The lowest BCUT2D eigenvalue weighted by Gasteiger charge is -2.38. The van der Waals surface area contributed by atoms with Gasteiger partial charge in [0, 0.05) is 19.1 Å². The molecule has 0 aromatic carbocycles. The molecule has 2 aliphatic rings. The van der Waals surface area contributed by atoms with Gasteiger partial charge in [0.15, 0.2) is 0 Å². The van der Waals surface area contributed by atoms with Gasteiger partial charge in [0.2, 0.25) is 0 Å². The van der Waals surface area contributed by atoms with E-state index in [1.54, 1.807) is 0 Å². The van der Waals surface area contributed by atoms with Crippen LogP contribution in [-0.2, 0) is 4.74 Å². The van der Waals surface area contributed by atoms with Gasteiger partial charge in [0.05, 0.1) is 6.61 Å². The first-order valence-corrected chi connectivity index (χ1v) is 8.88. The second-order valence-electron chi connectivity index (χ2n) is 6.75. The predicted molar refractivity (Wildman–Crippen MR) is 85.4 cm³/mol. The molecule has 4 heteroatoms. The van der Waals surface area contributed by atoms with Gasteiger partial charge in [-0.3, -0.25) is 0 Å². The van der Waals surface area contributed by atoms with Gasteiger partial charge in [-0.25, -0.2) is 4.79 Å². The van der Waals surface area contributed by atoms with Crippen molar-refractivity contribution in [2.24, 2.45) is 11.8 Å². The van der Waals surface area contributed by atoms with Crippen LogP contribution >= 0.6 is 0 Å². The van der Waals surface area contributed by atoms with Crippen molar-refractivity contribution in [3.05, 3.63) is 0 Å². The number of rotatable bonds is 6. The van der Waals surface area contributed by atoms with E-state index in [2.05, 4.69) is 12.2 Å². The molecule has 122 valence electrons. The van der Waals surface area contributed by atoms with Crippen LogP contribution < -0.4 is 5.32 Å². The first-order valence-electron chi connectivity index (χ1n) is 8.88. The van der Waals surface area contributed by atoms with Gasteiger partial charge in [-0.05, 0) is 51.0 Å². The number of nitrogens with zero attached hydrogens (tertiary/aromatic N) is 1. The molecule has 1 amide bonds. The Bertz CT molecular complexity index is 316. The van der Waals surface area contributed by atoms with E-state index in [4.69, 9.17) is 4.74 Å². The zero-order valence-corrected chi connectivity index (χ0v) is 13.8. The summed E-state index contributed by atoms with van der Waals surface area (Å²) in [6.07, 6.45) is 9.00. The van der Waals surface area contributed by atoms with Crippen molar-refractivity contribution >= 4 is 6.09 Å². The average molecular weight is 296 g/mol. The lowest BCUT2D eigenvalue weighted by Crippen LogP contribution is -2.52. The summed E-state index contributed by atoms with van der Waals surface area (Å²) in [5, 5.41) is 3.73. The van der Waals surface area contributed by atoms with Crippen LogP contribution in [0.1, 0.15) is 58.8 Å². The molecule has 2 fully saturated rings. The molecule has 21 heavy (non-hydrogen) atoms. The summed E-state index contributed by atoms with van der Waals surface area (Å²) < 4.78 is 5.19. The standard InChI is InChI=1S/C17H32N2O2/c1-3-7-15-10-16(18-11-14-8-5-6-9-14)13-19(12-15)17(20)21-4-2/h14-16,18H,3-13H2,1-2H3. The molecule has 2 rings (SSSR count). The number of amides is 1. The van der Waals surface area contributed by atoms with E-state index in [1.807, 2.05) is 11.8 Å². The van der Waals surface area contributed by atoms with Gasteiger partial charge >= 0.3 is 6.09 Å². The molecule has 1 N–H and O–H groups in total. The quantitative estimate of drug-likeness (QED) is 0.816. The Morgan fingerprint density at radius 3 is 2.62 bits per heavy atom. The summed E-state index contributed by atoms with van der Waals surface area (Å²) in [5.41, 5.74) is 0. The van der Waals surface area contributed by atoms with Crippen molar-refractivity contribution in [3.63, 3.8) is 0 Å². The van der Waals surface area contributed by atoms with Crippen LogP contribution in [0.25, 0.3) is 0 Å². The van der Waals surface area contributed by atoms with E-state index in [-0.39, 0.29) is 6.09 Å². The van der Waals surface area contributed by atoms with Crippen LogP contribution in [0.4, 0.5) is 4.79 Å². The average Bonchev–Trinajstić information content (AvgIpc) is 2.99. The molecule has 0 aromatic heterocycles. The van der Waals surface area contributed by atoms with Gasteiger partial charge in [-0.15, -0.1) is 0 Å². The fraction of sp³-hybridized carbons (Fsp3) is 0.941. The predicted octanol–water partition coefficient (Wildman–Crippen LogP) is 3.41. The molecular weight excluding hydrogens is 264 g/mol. The van der Waals surface area contributed by atoms with Crippen molar-refractivity contribution in [2.45, 2.75) is 64.8 Å². The van der Waals surface area contributed by atoms with Gasteiger partial charge in [0.1, 0.15) is 0 Å². The van der Waals surface area contributed by atoms with E-state index in [0.29, 0.717) is 18.6 Å². The molecule has 0 aromatic rings. The fourth-order valence-electron chi connectivity index (χ4n) is 3.88. The molecule has 0 radical (unpaired) electrons. The Labute approximate surface area is 129 Å². The second kappa shape index (κ2) is 8.62. The zero-order chi connectivity index (χ0) is 15.1. The first-order chi connectivity index (χ1) is 10.2. The Morgan fingerprint density at radius 2 is 1.95 bits per heavy atom. The maximum absolute atomic E-state index is 12.0. The maximum atomic E-state index is 12.0. The normalized spacial score (nSPS) is 27.0. The van der Waals surface area contributed by atoms with Gasteiger partial charge in [-0.1, -0.05) is 26.2 Å². The summed E-state index contributed by atoms with van der Waals surface area (Å²) in [6, 6.07) is 0.445. The van der Waals surface area contributed by atoms with Gasteiger partial charge < -0.3 is 15.0 Å². The molecule has 1 aliphatic heterocycles. The smallest absolute Gasteiger partial charge is 0.409 e. The molecule has 0 spiro atoms. The Kier molecular flexibility index (Phi) is 6.81. The number of ether oxygens (including phenoxy) is 1. The van der Waals surface area contributed by atoms with E-state index >= 15 is 0 Å². The number of hydrogen-bond donors (Lipinski definition) is 1. The number of hydrogen-bond acceptors (Lipinski definition) is 3. The lowest BCUT2D eigenvalue weighted by molar-refractivity contribution is 0.0766. The molecule has 2 atom stereocenters. The van der Waals surface area contributed by atoms with E-state index < -0.39 is 0 Å². The number of likely N-dealkylation sites (tertiary alicyclic amines) is 1. The van der Waals surface area contributed by atoms with Gasteiger partial charge in [0.25, 0.3) is 0 Å². The number of carbonyl (C=O) groups excluding carboxylic acids is 1. The van der Waals surface area contributed by atoms with E-state index in [1.165, 1.54) is 44.9 Å². The maximum Gasteiger partial charge on any atom is 0.409 e. The molecule has 0 bridgehead atoms. The third-order valence-corrected chi connectivity index (χ3v) is 4.93. The van der Waals surface area contributed by atoms with Crippen LogP contribution in [0, 0.1) is 11.8 Å². The second-order valence-corrected chi connectivity index (χ2v) is 6.75. The van der Waals surface area contributed by atoms with Crippen molar-refractivity contribution in [2.75, 3.05) is 26.2 Å².